The maximum absolute atomic E-state index is 9.41. The molecular formula is C18H17NS. The van der Waals surface area contributed by atoms with Crippen LogP contribution in [0.15, 0.2) is 24.3 Å². The third kappa shape index (κ3) is 1.99. The fraction of sp³-hybridized carbons (Fsp3) is 0.278. The number of allylic oxidation sites excluding steroid dienone is 1. The number of nitriles is 1. The Hall–Kier alpha value is -1.85. The molecule has 1 unspecified atom stereocenters. The van der Waals surface area contributed by atoms with Gasteiger partial charge >= 0.3 is 0 Å². The highest BCUT2D eigenvalue weighted by Gasteiger charge is 2.18. The Morgan fingerprint density at radius 2 is 2.05 bits per heavy atom. The van der Waals surface area contributed by atoms with Crippen molar-refractivity contribution < 1.29 is 0 Å². The number of hydrogen-bond donors (Lipinski definition) is 0. The van der Waals surface area contributed by atoms with Crippen LogP contribution in [-0.2, 0) is 0 Å². The Balaban J connectivity index is 2.20. The highest BCUT2D eigenvalue weighted by Crippen LogP contribution is 2.38. The largest absolute Gasteiger partial charge is 0.192 e. The van der Waals surface area contributed by atoms with Crippen LogP contribution in [-0.4, -0.2) is 0 Å². The van der Waals surface area contributed by atoms with E-state index in [1.54, 1.807) is 11.3 Å². The summed E-state index contributed by atoms with van der Waals surface area (Å²) in [6.07, 6.45) is 5.55. The molecule has 0 spiro atoms. The summed E-state index contributed by atoms with van der Waals surface area (Å²) in [6, 6.07) is 8.98. The highest BCUT2D eigenvalue weighted by molar-refractivity contribution is 7.12. The van der Waals surface area contributed by atoms with Gasteiger partial charge in [-0.2, -0.15) is 5.26 Å². The first kappa shape index (κ1) is 13.1. The van der Waals surface area contributed by atoms with E-state index >= 15 is 0 Å². The Kier molecular flexibility index (Phi) is 3.23. The molecule has 1 aromatic carbocycles. The van der Waals surface area contributed by atoms with Crippen molar-refractivity contribution in [2.45, 2.75) is 33.1 Å². The third-order valence-corrected chi connectivity index (χ3v) is 5.09. The fourth-order valence-corrected chi connectivity index (χ4v) is 4.03. The minimum absolute atomic E-state index is 0.556. The zero-order valence-electron chi connectivity index (χ0n) is 12.0. The number of thiophene rings is 1. The molecule has 1 nitrogen and oxygen atoms in total. The molecule has 1 atom stereocenters. The minimum atomic E-state index is 0.556. The number of rotatable bonds is 1. The van der Waals surface area contributed by atoms with Gasteiger partial charge in [-0.1, -0.05) is 37.3 Å². The molecule has 0 aliphatic heterocycles. The van der Waals surface area contributed by atoms with Gasteiger partial charge in [0, 0.05) is 15.3 Å². The van der Waals surface area contributed by atoms with Crippen LogP contribution in [0.5, 0.6) is 0 Å². The first-order valence-electron chi connectivity index (χ1n) is 6.92. The van der Waals surface area contributed by atoms with Gasteiger partial charge in [0.2, 0.25) is 0 Å². The Morgan fingerprint density at radius 1 is 1.25 bits per heavy atom. The molecule has 0 radical (unpaired) electrons. The lowest BCUT2D eigenvalue weighted by Crippen LogP contribution is -2.00. The van der Waals surface area contributed by atoms with Crippen LogP contribution >= 0.6 is 11.3 Å². The lowest BCUT2D eigenvalue weighted by Gasteiger charge is -2.19. The summed E-state index contributed by atoms with van der Waals surface area (Å²) in [5.74, 6) is 0.556. The first-order chi connectivity index (χ1) is 9.61. The molecule has 20 heavy (non-hydrogen) atoms. The van der Waals surface area contributed by atoms with Gasteiger partial charge in [0.25, 0.3) is 0 Å². The molecular weight excluding hydrogens is 262 g/mol. The zero-order chi connectivity index (χ0) is 14.3. The average molecular weight is 279 g/mol. The van der Waals surface area contributed by atoms with Gasteiger partial charge in [-0.3, -0.25) is 0 Å². The lowest BCUT2D eigenvalue weighted by atomic mass is 9.86. The van der Waals surface area contributed by atoms with E-state index in [-0.39, 0.29) is 0 Å². The molecule has 0 saturated carbocycles. The molecule has 0 saturated heterocycles. The SMILES string of the molecule is Cc1sc(C)c(-c2ccc3c(c2)C(C)CC=C3)c1C#N. The number of fused-ring (bicyclic) bond motifs is 1. The van der Waals surface area contributed by atoms with Gasteiger partial charge in [-0.05, 0) is 42.9 Å². The Bertz CT molecular complexity index is 744. The van der Waals surface area contributed by atoms with Crippen LogP contribution in [0.25, 0.3) is 17.2 Å². The molecule has 0 N–H and O–H groups in total. The van der Waals surface area contributed by atoms with Gasteiger partial charge in [0.15, 0.2) is 0 Å². The number of aryl methyl sites for hydroxylation is 2. The van der Waals surface area contributed by atoms with E-state index in [0.29, 0.717) is 5.92 Å². The molecule has 100 valence electrons. The summed E-state index contributed by atoms with van der Waals surface area (Å²) in [7, 11) is 0. The van der Waals surface area contributed by atoms with Crippen molar-refractivity contribution in [2.75, 3.05) is 0 Å². The van der Waals surface area contributed by atoms with Crippen molar-refractivity contribution in [2.24, 2.45) is 0 Å². The molecule has 1 aliphatic rings. The van der Waals surface area contributed by atoms with E-state index in [1.807, 2.05) is 6.92 Å². The van der Waals surface area contributed by atoms with Crippen LogP contribution < -0.4 is 0 Å². The summed E-state index contributed by atoms with van der Waals surface area (Å²) in [4.78, 5) is 2.35. The van der Waals surface area contributed by atoms with Gasteiger partial charge in [0.1, 0.15) is 6.07 Å². The van der Waals surface area contributed by atoms with Gasteiger partial charge in [-0.15, -0.1) is 11.3 Å². The average Bonchev–Trinajstić information content (AvgIpc) is 2.73. The van der Waals surface area contributed by atoms with E-state index in [4.69, 9.17) is 0 Å². The molecule has 1 heterocycles. The Labute approximate surface area is 124 Å². The van der Waals surface area contributed by atoms with Crippen molar-refractivity contribution in [3.63, 3.8) is 0 Å². The summed E-state index contributed by atoms with van der Waals surface area (Å²) in [5.41, 5.74) is 5.86. The van der Waals surface area contributed by atoms with Crippen molar-refractivity contribution >= 4 is 17.4 Å². The predicted octanol–water partition coefficient (Wildman–Crippen LogP) is 5.42. The number of nitrogens with zero attached hydrogens (tertiary/aromatic N) is 1. The van der Waals surface area contributed by atoms with E-state index in [9.17, 15) is 5.26 Å². The smallest absolute Gasteiger partial charge is 0.101 e. The fourth-order valence-electron chi connectivity index (χ4n) is 3.00. The molecule has 3 rings (SSSR count). The van der Waals surface area contributed by atoms with Crippen molar-refractivity contribution in [1.82, 2.24) is 0 Å². The third-order valence-electron chi connectivity index (χ3n) is 4.07. The van der Waals surface area contributed by atoms with Crippen molar-refractivity contribution in [3.8, 4) is 17.2 Å². The summed E-state index contributed by atoms with van der Waals surface area (Å²) >= 11 is 1.72. The van der Waals surface area contributed by atoms with Crippen molar-refractivity contribution in [1.29, 1.82) is 5.26 Å². The van der Waals surface area contributed by atoms with Crippen molar-refractivity contribution in [3.05, 3.63) is 50.7 Å². The van der Waals surface area contributed by atoms with E-state index in [2.05, 4.69) is 50.3 Å². The molecule has 2 aromatic rings. The number of benzene rings is 1. The topological polar surface area (TPSA) is 23.8 Å². The first-order valence-corrected chi connectivity index (χ1v) is 7.74. The van der Waals surface area contributed by atoms with Gasteiger partial charge in [0.05, 0.1) is 5.56 Å². The van der Waals surface area contributed by atoms with Crippen LogP contribution in [0, 0.1) is 25.2 Å². The predicted molar refractivity (Wildman–Crippen MR) is 86.0 cm³/mol. The van der Waals surface area contributed by atoms with Crippen LogP contribution in [0.3, 0.4) is 0 Å². The molecule has 0 fully saturated rings. The monoisotopic (exact) mass is 279 g/mol. The standard InChI is InChI=1S/C18H17NS/c1-11-5-4-6-14-7-8-15(9-16(11)14)18-13(3)20-12(2)17(18)10-19/h4,6-9,11H,5H2,1-3H3. The second-order valence-corrected chi connectivity index (χ2v) is 6.89. The van der Waals surface area contributed by atoms with Gasteiger partial charge < -0.3 is 0 Å². The van der Waals surface area contributed by atoms with Gasteiger partial charge in [-0.25, -0.2) is 0 Å². The maximum atomic E-state index is 9.41. The molecule has 1 aliphatic carbocycles. The lowest BCUT2D eigenvalue weighted by molar-refractivity contribution is 0.772. The highest BCUT2D eigenvalue weighted by atomic mass is 32.1. The quantitative estimate of drug-likeness (QED) is 0.683. The van der Waals surface area contributed by atoms with Crippen LogP contribution in [0.1, 0.15) is 45.7 Å². The normalized spacial score (nSPS) is 16.8. The molecule has 0 amide bonds. The second kappa shape index (κ2) is 4.92. The zero-order valence-corrected chi connectivity index (χ0v) is 12.8. The summed E-state index contributed by atoms with van der Waals surface area (Å²) in [5, 5.41) is 9.41. The number of hydrogen-bond acceptors (Lipinski definition) is 2. The summed E-state index contributed by atoms with van der Waals surface area (Å²) in [6.45, 7) is 6.41. The molecule has 0 bridgehead atoms. The van der Waals surface area contributed by atoms with Crippen LogP contribution in [0.2, 0.25) is 0 Å². The van der Waals surface area contributed by atoms with E-state index in [1.165, 1.54) is 21.6 Å². The molecule has 1 aromatic heterocycles. The van der Waals surface area contributed by atoms with Crippen LogP contribution in [0.4, 0.5) is 0 Å². The Morgan fingerprint density at radius 3 is 2.80 bits per heavy atom. The minimum Gasteiger partial charge on any atom is -0.192 e. The second-order valence-electron chi connectivity index (χ2n) is 5.46. The maximum Gasteiger partial charge on any atom is 0.101 e. The van der Waals surface area contributed by atoms with E-state index in [0.717, 1.165) is 22.4 Å². The molecule has 2 heteroatoms. The summed E-state index contributed by atoms with van der Waals surface area (Å²) < 4.78 is 0. The van der Waals surface area contributed by atoms with E-state index < -0.39 is 0 Å².